The maximum absolute atomic E-state index is 10.9. The average molecular weight is 226 g/mol. The predicted octanol–water partition coefficient (Wildman–Crippen LogP) is 1.11. The Hall–Kier alpha value is 0.0700. The predicted molar refractivity (Wildman–Crippen MR) is 57.5 cm³/mol. The number of rotatable bonds is 8. The lowest BCUT2D eigenvalue weighted by molar-refractivity contribution is -0.118. The number of halogens is 1. The summed E-state index contributed by atoms with van der Waals surface area (Å²) in [4.78, 5) is 10.9. The molecule has 0 aliphatic rings. The lowest BCUT2D eigenvalue weighted by Crippen LogP contribution is -2.26. The third-order valence-corrected chi connectivity index (χ3v) is 1.99. The number of hydrogen-bond donors (Lipinski definition) is 1. The van der Waals surface area contributed by atoms with E-state index in [4.69, 9.17) is 16.3 Å². The van der Waals surface area contributed by atoms with Crippen LogP contribution in [0.15, 0.2) is 0 Å². The quantitative estimate of drug-likeness (QED) is 0.497. The molecule has 13 heavy (non-hydrogen) atoms. The Bertz CT molecular complexity index is 135. The van der Waals surface area contributed by atoms with Gasteiger partial charge in [-0.3, -0.25) is 4.79 Å². The Morgan fingerprint density at radius 1 is 1.54 bits per heavy atom. The molecule has 0 bridgehead atoms. The Morgan fingerprint density at radius 2 is 2.31 bits per heavy atom. The van der Waals surface area contributed by atoms with Gasteiger partial charge in [-0.1, -0.05) is 0 Å². The van der Waals surface area contributed by atoms with Gasteiger partial charge in [0.05, 0.1) is 12.4 Å². The first-order valence-electron chi connectivity index (χ1n) is 4.20. The summed E-state index contributed by atoms with van der Waals surface area (Å²) in [5.41, 5.74) is 0. The molecule has 0 rings (SSSR count). The lowest BCUT2D eigenvalue weighted by atomic mass is 10.4. The molecule has 0 aromatic heterocycles. The second-order valence-corrected chi connectivity index (χ2v) is 3.68. The Morgan fingerprint density at radius 3 is 2.92 bits per heavy atom. The monoisotopic (exact) mass is 225 g/mol. The number of alkyl halides is 1. The van der Waals surface area contributed by atoms with Crippen molar-refractivity contribution in [1.29, 1.82) is 0 Å². The van der Waals surface area contributed by atoms with Crippen LogP contribution >= 0.6 is 23.4 Å². The molecule has 78 valence electrons. The van der Waals surface area contributed by atoms with Gasteiger partial charge in [0.25, 0.3) is 0 Å². The molecule has 5 heteroatoms. The summed E-state index contributed by atoms with van der Waals surface area (Å²) in [6.07, 6.45) is 2.75. The molecule has 0 atom stereocenters. The van der Waals surface area contributed by atoms with E-state index < -0.39 is 0 Å². The number of thioether (sulfide) groups is 1. The number of carbonyl (C=O) groups is 1. The zero-order valence-corrected chi connectivity index (χ0v) is 9.42. The van der Waals surface area contributed by atoms with Crippen molar-refractivity contribution in [2.75, 3.05) is 37.6 Å². The molecule has 0 spiro atoms. The van der Waals surface area contributed by atoms with Crippen LogP contribution in [0.5, 0.6) is 0 Å². The zero-order chi connectivity index (χ0) is 9.94. The van der Waals surface area contributed by atoms with Crippen LogP contribution in [0.4, 0.5) is 0 Å². The first kappa shape index (κ1) is 13.1. The molecule has 0 saturated heterocycles. The summed E-state index contributed by atoms with van der Waals surface area (Å²) in [5.74, 6) is 1.14. The topological polar surface area (TPSA) is 38.3 Å². The first-order chi connectivity index (χ1) is 6.31. The molecule has 1 amide bonds. The number of ether oxygens (including phenoxy) is 1. The van der Waals surface area contributed by atoms with Crippen LogP contribution in [0.2, 0.25) is 0 Å². The maximum Gasteiger partial charge on any atom is 0.229 e. The molecular weight excluding hydrogens is 210 g/mol. The Balaban J connectivity index is 3.02. The number of amides is 1. The fourth-order valence-electron chi connectivity index (χ4n) is 0.741. The van der Waals surface area contributed by atoms with Crippen LogP contribution < -0.4 is 5.32 Å². The third kappa shape index (κ3) is 9.99. The molecule has 0 unspecified atom stereocenters. The molecule has 3 nitrogen and oxygen atoms in total. The van der Waals surface area contributed by atoms with Crippen molar-refractivity contribution < 1.29 is 9.53 Å². The fraction of sp³-hybridized carbons (Fsp3) is 0.875. The summed E-state index contributed by atoms with van der Waals surface area (Å²) in [7, 11) is 0. The van der Waals surface area contributed by atoms with Crippen LogP contribution in [0.25, 0.3) is 0 Å². The highest BCUT2D eigenvalue weighted by Crippen LogP contribution is 1.89. The van der Waals surface area contributed by atoms with Crippen molar-refractivity contribution in [3.8, 4) is 0 Å². The van der Waals surface area contributed by atoms with Gasteiger partial charge in [-0.25, -0.2) is 0 Å². The minimum Gasteiger partial charge on any atom is -0.380 e. The molecule has 0 radical (unpaired) electrons. The van der Waals surface area contributed by atoms with Gasteiger partial charge in [-0.2, -0.15) is 11.8 Å². The van der Waals surface area contributed by atoms with Crippen LogP contribution in [0.1, 0.15) is 6.42 Å². The van der Waals surface area contributed by atoms with Crippen molar-refractivity contribution in [3.63, 3.8) is 0 Å². The van der Waals surface area contributed by atoms with Crippen molar-refractivity contribution >= 4 is 29.3 Å². The highest BCUT2D eigenvalue weighted by molar-refractivity contribution is 7.99. The highest BCUT2D eigenvalue weighted by atomic mass is 35.5. The van der Waals surface area contributed by atoms with Crippen molar-refractivity contribution in [2.45, 2.75) is 6.42 Å². The summed E-state index contributed by atoms with van der Waals surface area (Å²) in [5, 5.41) is 2.79. The van der Waals surface area contributed by atoms with Crippen molar-refractivity contribution in [2.24, 2.45) is 0 Å². The summed E-state index contributed by atoms with van der Waals surface area (Å²) >= 11 is 6.93. The lowest BCUT2D eigenvalue weighted by Gasteiger charge is -2.04. The van der Waals surface area contributed by atoms with Crippen LogP contribution in [0, 0.1) is 0 Å². The van der Waals surface area contributed by atoms with Crippen LogP contribution in [0.3, 0.4) is 0 Å². The van der Waals surface area contributed by atoms with Gasteiger partial charge in [0.15, 0.2) is 0 Å². The van der Waals surface area contributed by atoms with Gasteiger partial charge in [-0.15, -0.1) is 11.6 Å². The van der Waals surface area contributed by atoms with Crippen molar-refractivity contribution in [3.05, 3.63) is 0 Å². The first-order valence-corrected chi connectivity index (χ1v) is 6.13. The van der Waals surface area contributed by atoms with E-state index in [0.717, 1.165) is 6.42 Å². The third-order valence-electron chi connectivity index (χ3n) is 1.28. The van der Waals surface area contributed by atoms with E-state index in [0.29, 0.717) is 31.4 Å². The van der Waals surface area contributed by atoms with E-state index >= 15 is 0 Å². The summed E-state index contributed by atoms with van der Waals surface area (Å²) < 4.78 is 5.14. The van der Waals surface area contributed by atoms with E-state index in [2.05, 4.69) is 5.32 Å². The second-order valence-electron chi connectivity index (χ2n) is 2.44. The normalized spacial score (nSPS) is 10.0. The average Bonchev–Trinajstić information content (AvgIpc) is 2.11. The highest BCUT2D eigenvalue weighted by Gasteiger charge is 1.97. The second kappa shape index (κ2) is 10.2. The number of hydrogen-bond acceptors (Lipinski definition) is 3. The van der Waals surface area contributed by atoms with Crippen molar-refractivity contribution in [1.82, 2.24) is 5.32 Å². The van der Waals surface area contributed by atoms with Gasteiger partial charge >= 0.3 is 0 Å². The van der Waals surface area contributed by atoms with Gasteiger partial charge in [0.1, 0.15) is 0 Å². The van der Waals surface area contributed by atoms with E-state index in [1.165, 1.54) is 11.8 Å². The van der Waals surface area contributed by atoms with Crippen LogP contribution in [-0.2, 0) is 9.53 Å². The Labute approximate surface area is 88.5 Å². The molecule has 0 fully saturated rings. The number of nitrogens with one attached hydrogen (secondary N) is 1. The van der Waals surface area contributed by atoms with Gasteiger partial charge in [0.2, 0.25) is 5.91 Å². The standard InChI is InChI=1S/C8H16ClNO2S/c1-13-7-8(11)10-4-2-5-12-6-3-9/h2-7H2,1H3,(H,10,11). The molecule has 0 aromatic rings. The molecule has 1 N–H and O–H groups in total. The largest absolute Gasteiger partial charge is 0.380 e. The van der Waals surface area contributed by atoms with E-state index in [1.54, 1.807) is 0 Å². The fourth-order valence-corrected chi connectivity index (χ4v) is 1.21. The van der Waals surface area contributed by atoms with E-state index in [1.807, 2.05) is 6.26 Å². The van der Waals surface area contributed by atoms with E-state index in [9.17, 15) is 4.79 Å². The SMILES string of the molecule is CSCC(=O)NCCCOCCCl. The minimum absolute atomic E-state index is 0.0878. The zero-order valence-electron chi connectivity index (χ0n) is 7.85. The summed E-state index contributed by atoms with van der Waals surface area (Å²) in [6, 6.07) is 0. The minimum atomic E-state index is 0.0878. The van der Waals surface area contributed by atoms with E-state index in [-0.39, 0.29) is 5.91 Å². The smallest absolute Gasteiger partial charge is 0.229 e. The number of carbonyl (C=O) groups excluding carboxylic acids is 1. The molecule has 0 aromatic carbocycles. The maximum atomic E-state index is 10.9. The molecule has 0 saturated carbocycles. The van der Waals surface area contributed by atoms with Crippen LogP contribution in [-0.4, -0.2) is 43.6 Å². The molecule has 0 heterocycles. The molecule has 0 aliphatic heterocycles. The van der Waals surface area contributed by atoms with Gasteiger partial charge in [0, 0.05) is 19.0 Å². The Kier molecular flexibility index (Phi) is 10.2. The molecular formula is C8H16ClNO2S. The van der Waals surface area contributed by atoms with Gasteiger partial charge < -0.3 is 10.1 Å². The summed E-state index contributed by atoms with van der Waals surface area (Å²) in [6.45, 7) is 1.92. The molecule has 0 aliphatic carbocycles. The van der Waals surface area contributed by atoms with Gasteiger partial charge in [-0.05, 0) is 12.7 Å².